The molecule has 2 N–H and O–H groups in total. The number of piperidine rings is 1. The van der Waals surface area contributed by atoms with E-state index < -0.39 is 6.04 Å². The smallest absolute Gasteiger partial charge is 0.239 e. The van der Waals surface area contributed by atoms with E-state index in [1.54, 1.807) is 6.92 Å². The third-order valence-electron chi connectivity index (χ3n) is 3.20. The molecular weight excluding hydrogens is 252 g/mol. The van der Waals surface area contributed by atoms with Crippen molar-refractivity contribution in [2.75, 3.05) is 13.1 Å². The predicted octanol–water partition coefficient (Wildman–Crippen LogP) is 1.12. The lowest BCUT2D eigenvalue weighted by atomic mass is 10.1. The number of carbonyl (C=O) groups is 1. The fraction of sp³-hybridized carbons (Fsp3) is 0.667. The molecule has 1 fully saturated rings. The van der Waals surface area contributed by atoms with Crippen LogP contribution >= 0.6 is 12.4 Å². The topological polar surface area (TPSA) is 64.2 Å². The molecule has 2 atom stereocenters. The summed E-state index contributed by atoms with van der Waals surface area (Å²) in [4.78, 5) is 13.7. The van der Waals surface area contributed by atoms with Gasteiger partial charge in [0.2, 0.25) is 5.91 Å². The highest BCUT2D eigenvalue weighted by atomic mass is 35.5. The number of likely N-dealkylation sites (tertiary alicyclic amines) is 1. The standard InChI is InChI=1S/C12H20N4O.ClH/c1-9-6-14-16(7-9)11-4-3-5-15(8-11)12(17)10(2)13;/h6-7,10-11H,3-5,8,13H2,1-2H3;1H. The molecule has 1 amide bonds. The zero-order valence-corrected chi connectivity index (χ0v) is 11.7. The molecule has 18 heavy (non-hydrogen) atoms. The Kier molecular flexibility index (Phi) is 5.16. The first-order chi connectivity index (χ1) is 8.08. The van der Waals surface area contributed by atoms with Gasteiger partial charge in [-0.15, -0.1) is 12.4 Å². The van der Waals surface area contributed by atoms with Crippen LogP contribution in [0.5, 0.6) is 0 Å². The van der Waals surface area contributed by atoms with Gasteiger partial charge in [0.1, 0.15) is 0 Å². The Hall–Kier alpha value is -1.07. The van der Waals surface area contributed by atoms with Gasteiger partial charge >= 0.3 is 0 Å². The summed E-state index contributed by atoms with van der Waals surface area (Å²) in [5.41, 5.74) is 6.79. The summed E-state index contributed by atoms with van der Waals surface area (Å²) >= 11 is 0. The summed E-state index contributed by atoms with van der Waals surface area (Å²) in [5.74, 6) is 0.0404. The highest BCUT2D eigenvalue weighted by Crippen LogP contribution is 2.21. The molecule has 1 aromatic rings. The third-order valence-corrected chi connectivity index (χ3v) is 3.20. The third kappa shape index (κ3) is 3.23. The molecule has 1 saturated heterocycles. The Morgan fingerprint density at radius 2 is 2.33 bits per heavy atom. The van der Waals surface area contributed by atoms with Crippen molar-refractivity contribution in [2.45, 2.75) is 38.8 Å². The minimum Gasteiger partial charge on any atom is -0.339 e. The zero-order chi connectivity index (χ0) is 12.4. The first-order valence-electron chi connectivity index (χ1n) is 6.13. The molecule has 5 nitrogen and oxygen atoms in total. The van der Waals surface area contributed by atoms with Gasteiger partial charge in [-0.2, -0.15) is 5.10 Å². The first kappa shape index (κ1) is 15.0. The van der Waals surface area contributed by atoms with Crippen LogP contribution in [-0.2, 0) is 4.79 Å². The Balaban J connectivity index is 0.00000162. The number of amides is 1. The van der Waals surface area contributed by atoms with E-state index in [0.29, 0.717) is 6.04 Å². The lowest BCUT2D eigenvalue weighted by Crippen LogP contribution is -2.47. The van der Waals surface area contributed by atoms with Crippen molar-refractivity contribution < 1.29 is 4.79 Å². The number of halogens is 1. The fourth-order valence-electron chi connectivity index (χ4n) is 2.29. The maximum atomic E-state index is 11.9. The summed E-state index contributed by atoms with van der Waals surface area (Å²) in [6.45, 7) is 5.31. The maximum Gasteiger partial charge on any atom is 0.239 e. The summed E-state index contributed by atoms with van der Waals surface area (Å²) in [6, 6.07) is -0.117. The number of aryl methyl sites for hydroxylation is 1. The fourth-order valence-corrected chi connectivity index (χ4v) is 2.29. The van der Waals surface area contributed by atoms with Crippen molar-refractivity contribution in [3.63, 3.8) is 0 Å². The van der Waals surface area contributed by atoms with E-state index in [4.69, 9.17) is 5.73 Å². The quantitative estimate of drug-likeness (QED) is 0.878. The number of nitrogens with zero attached hydrogens (tertiary/aromatic N) is 3. The second-order valence-corrected chi connectivity index (χ2v) is 4.87. The van der Waals surface area contributed by atoms with Crippen molar-refractivity contribution in [3.8, 4) is 0 Å². The van der Waals surface area contributed by atoms with E-state index in [1.165, 1.54) is 0 Å². The average Bonchev–Trinajstić information content (AvgIpc) is 2.75. The number of hydrogen-bond donors (Lipinski definition) is 1. The van der Waals surface area contributed by atoms with E-state index in [9.17, 15) is 4.79 Å². The van der Waals surface area contributed by atoms with Crippen LogP contribution in [0.1, 0.15) is 31.4 Å². The molecule has 0 spiro atoms. The summed E-state index contributed by atoms with van der Waals surface area (Å²) in [7, 11) is 0. The lowest BCUT2D eigenvalue weighted by molar-refractivity contribution is -0.133. The Morgan fingerprint density at radius 1 is 1.61 bits per heavy atom. The molecule has 2 rings (SSSR count). The number of rotatable bonds is 2. The van der Waals surface area contributed by atoms with Crippen molar-refractivity contribution in [1.29, 1.82) is 0 Å². The largest absolute Gasteiger partial charge is 0.339 e. The monoisotopic (exact) mass is 272 g/mol. The van der Waals surface area contributed by atoms with Crippen molar-refractivity contribution in [1.82, 2.24) is 14.7 Å². The highest BCUT2D eigenvalue weighted by Gasteiger charge is 2.26. The number of hydrogen-bond acceptors (Lipinski definition) is 3. The highest BCUT2D eigenvalue weighted by molar-refractivity contribution is 5.85. The maximum absolute atomic E-state index is 11.9. The molecule has 2 unspecified atom stereocenters. The van der Waals surface area contributed by atoms with Gasteiger partial charge in [-0.05, 0) is 32.3 Å². The summed E-state index contributed by atoms with van der Waals surface area (Å²) in [6.07, 6.45) is 5.97. The molecular formula is C12H21ClN4O. The second kappa shape index (κ2) is 6.20. The van der Waals surface area contributed by atoms with Crippen LogP contribution in [0.2, 0.25) is 0 Å². The van der Waals surface area contributed by atoms with Crippen LogP contribution in [-0.4, -0.2) is 39.7 Å². The first-order valence-corrected chi connectivity index (χ1v) is 6.13. The molecule has 0 radical (unpaired) electrons. The van der Waals surface area contributed by atoms with E-state index in [2.05, 4.69) is 5.10 Å². The Bertz CT molecular complexity index is 405. The van der Waals surface area contributed by atoms with Gasteiger partial charge in [0.25, 0.3) is 0 Å². The van der Waals surface area contributed by atoms with Gasteiger partial charge in [0, 0.05) is 19.3 Å². The minimum atomic E-state index is -0.409. The molecule has 6 heteroatoms. The van der Waals surface area contributed by atoms with Crippen molar-refractivity contribution in [2.24, 2.45) is 5.73 Å². The molecule has 0 aromatic carbocycles. The number of carbonyl (C=O) groups excluding carboxylic acids is 1. The molecule has 102 valence electrons. The SMILES string of the molecule is Cc1cnn(C2CCCN(C(=O)C(C)N)C2)c1.Cl. The van der Waals surface area contributed by atoms with Crippen LogP contribution in [0.3, 0.4) is 0 Å². The number of nitrogens with two attached hydrogens (primary N) is 1. The molecule has 0 bridgehead atoms. The Morgan fingerprint density at radius 3 is 2.89 bits per heavy atom. The molecule has 1 aromatic heterocycles. The summed E-state index contributed by atoms with van der Waals surface area (Å²) < 4.78 is 1.97. The average molecular weight is 273 g/mol. The van der Waals surface area contributed by atoms with E-state index in [-0.39, 0.29) is 18.3 Å². The minimum absolute atomic E-state index is 0. The van der Waals surface area contributed by atoms with Crippen LogP contribution in [0.25, 0.3) is 0 Å². The molecule has 0 saturated carbocycles. The molecule has 0 aliphatic carbocycles. The van der Waals surface area contributed by atoms with Gasteiger partial charge in [-0.25, -0.2) is 0 Å². The van der Waals surface area contributed by atoms with Crippen molar-refractivity contribution in [3.05, 3.63) is 18.0 Å². The van der Waals surface area contributed by atoms with E-state index in [0.717, 1.165) is 31.5 Å². The van der Waals surface area contributed by atoms with Gasteiger partial charge < -0.3 is 10.6 Å². The van der Waals surface area contributed by atoms with Crippen LogP contribution < -0.4 is 5.73 Å². The number of aromatic nitrogens is 2. The van der Waals surface area contributed by atoms with Gasteiger partial charge in [0.05, 0.1) is 18.3 Å². The summed E-state index contributed by atoms with van der Waals surface area (Å²) in [5, 5.41) is 4.33. The molecule has 1 aliphatic rings. The van der Waals surface area contributed by atoms with Crippen molar-refractivity contribution >= 4 is 18.3 Å². The second-order valence-electron chi connectivity index (χ2n) is 4.87. The lowest BCUT2D eigenvalue weighted by Gasteiger charge is -2.33. The van der Waals surface area contributed by atoms with E-state index in [1.807, 2.05) is 28.9 Å². The van der Waals surface area contributed by atoms with E-state index >= 15 is 0 Å². The van der Waals surface area contributed by atoms with Crippen LogP contribution in [0, 0.1) is 6.92 Å². The molecule has 1 aliphatic heterocycles. The van der Waals surface area contributed by atoms with Gasteiger partial charge in [-0.1, -0.05) is 0 Å². The Labute approximate surface area is 114 Å². The zero-order valence-electron chi connectivity index (χ0n) is 10.9. The van der Waals surface area contributed by atoms with Crippen LogP contribution in [0.4, 0.5) is 0 Å². The van der Waals surface area contributed by atoms with Crippen LogP contribution in [0.15, 0.2) is 12.4 Å². The normalized spacial score (nSPS) is 21.3. The molecule has 2 heterocycles. The van der Waals surface area contributed by atoms with Gasteiger partial charge in [-0.3, -0.25) is 9.48 Å². The predicted molar refractivity (Wildman–Crippen MR) is 72.7 cm³/mol. The van der Waals surface area contributed by atoms with Gasteiger partial charge in [0.15, 0.2) is 0 Å².